The average molecular weight is 327 g/mol. The van der Waals surface area contributed by atoms with Gasteiger partial charge in [-0.2, -0.15) is 0 Å². The molecule has 0 fully saturated rings. The van der Waals surface area contributed by atoms with Crippen LogP contribution < -0.4 is 14.8 Å². The van der Waals surface area contributed by atoms with Crippen LogP contribution in [-0.2, 0) is 11.2 Å². The first kappa shape index (κ1) is 17.9. The SMILES string of the molecule is CCOc1ccc(OCC(=O)NC(C)CCc2ccccc2)cc1. The molecule has 0 aliphatic carbocycles. The molecule has 0 aliphatic rings. The molecule has 0 aliphatic heterocycles. The smallest absolute Gasteiger partial charge is 0.258 e. The van der Waals surface area contributed by atoms with Gasteiger partial charge in [0.05, 0.1) is 6.61 Å². The molecule has 0 radical (unpaired) electrons. The molecule has 0 spiro atoms. The molecule has 0 saturated carbocycles. The number of hydrogen-bond donors (Lipinski definition) is 1. The maximum atomic E-state index is 11.9. The van der Waals surface area contributed by atoms with E-state index >= 15 is 0 Å². The number of rotatable bonds is 9. The molecule has 0 aromatic heterocycles. The molecule has 2 aromatic rings. The number of aryl methyl sites for hydroxylation is 1. The zero-order valence-corrected chi connectivity index (χ0v) is 14.3. The van der Waals surface area contributed by atoms with E-state index in [1.807, 2.05) is 44.2 Å². The number of nitrogens with one attached hydrogen (secondary N) is 1. The molecule has 1 amide bonds. The Morgan fingerprint density at radius 1 is 1.00 bits per heavy atom. The zero-order valence-electron chi connectivity index (χ0n) is 14.3. The Morgan fingerprint density at radius 3 is 2.25 bits per heavy atom. The first-order valence-corrected chi connectivity index (χ1v) is 8.36. The van der Waals surface area contributed by atoms with Crippen LogP contribution in [0.15, 0.2) is 54.6 Å². The van der Waals surface area contributed by atoms with Gasteiger partial charge in [0.2, 0.25) is 0 Å². The maximum Gasteiger partial charge on any atom is 0.258 e. The van der Waals surface area contributed by atoms with Gasteiger partial charge < -0.3 is 14.8 Å². The fourth-order valence-electron chi connectivity index (χ4n) is 2.36. The Bertz CT molecular complexity index is 611. The predicted octanol–water partition coefficient (Wildman–Crippen LogP) is 3.60. The normalized spacial score (nSPS) is 11.6. The lowest BCUT2D eigenvalue weighted by Crippen LogP contribution is -2.36. The summed E-state index contributed by atoms with van der Waals surface area (Å²) in [5.74, 6) is 1.35. The van der Waals surface area contributed by atoms with E-state index in [4.69, 9.17) is 9.47 Å². The lowest BCUT2D eigenvalue weighted by molar-refractivity contribution is -0.123. The first-order chi connectivity index (χ1) is 11.7. The highest BCUT2D eigenvalue weighted by Crippen LogP contribution is 2.17. The van der Waals surface area contributed by atoms with E-state index in [9.17, 15) is 4.79 Å². The molecule has 0 bridgehead atoms. The van der Waals surface area contributed by atoms with Gasteiger partial charge in [-0.15, -0.1) is 0 Å². The average Bonchev–Trinajstić information content (AvgIpc) is 2.60. The van der Waals surface area contributed by atoms with E-state index in [-0.39, 0.29) is 18.6 Å². The highest BCUT2D eigenvalue weighted by Gasteiger charge is 2.08. The van der Waals surface area contributed by atoms with Crippen molar-refractivity contribution in [1.29, 1.82) is 0 Å². The number of ether oxygens (including phenoxy) is 2. The third-order valence-electron chi connectivity index (χ3n) is 3.62. The van der Waals surface area contributed by atoms with Crippen LogP contribution in [0.25, 0.3) is 0 Å². The molecule has 24 heavy (non-hydrogen) atoms. The summed E-state index contributed by atoms with van der Waals surface area (Å²) in [4.78, 5) is 11.9. The minimum atomic E-state index is -0.107. The fraction of sp³-hybridized carbons (Fsp3) is 0.350. The largest absolute Gasteiger partial charge is 0.494 e. The molecule has 2 aromatic carbocycles. The van der Waals surface area contributed by atoms with Crippen molar-refractivity contribution < 1.29 is 14.3 Å². The molecule has 0 saturated heterocycles. The maximum absolute atomic E-state index is 11.9. The quantitative estimate of drug-likeness (QED) is 0.765. The number of amides is 1. The summed E-state index contributed by atoms with van der Waals surface area (Å²) in [5.41, 5.74) is 1.28. The van der Waals surface area contributed by atoms with Crippen LogP contribution in [0.2, 0.25) is 0 Å². The van der Waals surface area contributed by atoms with Crippen LogP contribution in [0.3, 0.4) is 0 Å². The Morgan fingerprint density at radius 2 is 1.62 bits per heavy atom. The summed E-state index contributed by atoms with van der Waals surface area (Å²) >= 11 is 0. The van der Waals surface area contributed by atoms with Crippen molar-refractivity contribution in [3.05, 3.63) is 60.2 Å². The summed E-state index contributed by atoms with van der Waals surface area (Å²) < 4.78 is 10.9. The van der Waals surface area contributed by atoms with Gasteiger partial charge in [0.15, 0.2) is 6.61 Å². The van der Waals surface area contributed by atoms with Crippen molar-refractivity contribution in [2.24, 2.45) is 0 Å². The Kier molecular flexibility index (Phi) is 7.15. The molecular weight excluding hydrogens is 302 g/mol. The number of benzene rings is 2. The molecule has 4 nitrogen and oxygen atoms in total. The van der Waals surface area contributed by atoms with Crippen molar-refractivity contribution in [1.82, 2.24) is 5.32 Å². The van der Waals surface area contributed by atoms with E-state index in [1.54, 1.807) is 12.1 Å². The van der Waals surface area contributed by atoms with Crippen molar-refractivity contribution >= 4 is 5.91 Å². The number of carbonyl (C=O) groups excluding carboxylic acids is 1. The highest BCUT2D eigenvalue weighted by atomic mass is 16.5. The van der Waals surface area contributed by atoms with Gasteiger partial charge in [-0.1, -0.05) is 30.3 Å². The Hall–Kier alpha value is -2.49. The van der Waals surface area contributed by atoms with Crippen molar-refractivity contribution in [3.63, 3.8) is 0 Å². The molecule has 4 heteroatoms. The number of hydrogen-bond acceptors (Lipinski definition) is 3. The van der Waals surface area contributed by atoms with Crippen LogP contribution in [0.1, 0.15) is 25.8 Å². The van der Waals surface area contributed by atoms with Gasteiger partial charge in [-0.05, 0) is 56.5 Å². The summed E-state index contributed by atoms with van der Waals surface area (Å²) in [6, 6.07) is 17.7. The zero-order chi connectivity index (χ0) is 17.2. The van der Waals surface area contributed by atoms with Crippen LogP contribution >= 0.6 is 0 Å². The molecular formula is C20H25NO3. The third kappa shape index (κ3) is 6.32. The number of carbonyl (C=O) groups is 1. The van der Waals surface area contributed by atoms with Crippen LogP contribution in [0, 0.1) is 0 Å². The summed E-state index contributed by atoms with van der Waals surface area (Å²) in [6.07, 6.45) is 1.85. The molecule has 2 rings (SSSR count). The third-order valence-corrected chi connectivity index (χ3v) is 3.62. The Labute approximate surface area is 143 Å². The topological polar surface area (TPSA) is 47.6 Å². The van der Waals surface area contributed by atoms with E-state index in [2.05, 4.69) is 17.4 Å². The van der Waals surface area contributed by atoms with E-state index in [1.165, 1.54) is 5.56 Å². The molecule has 1 atom stereocenters. The van der Waals surface area contributed by atoms with Gasteiger partial charge in [0.1, 0.15) is 11.5 Å². The second kappa shape index (κ2) is 9.60. The first-order valence-electron chi connectivity index (χ1n) is 8.36. The molecule has 128 valence electrons. The highest BCUT2D eigenvalue weighted by molar-refractivity contribution is 5.77. The summed E-state index contributed by atoms with van der Waals surface area (Å²) in [5, 5.41) is 2.96. The van der Waals surface area contributed by atoms with Crippen molar-refractivity contribution in [2.45, 2.75) is 32.7 Å². The molecule has 1 unspecified atom stereocenters. The molecule has 1 N–H and O–H groups in total. The van der Waals surface area contributed by atoms with Gasteiger partial charge in [0.25, 0.3) is 5.91 Å². The monoisotopic (exact) mass is 327 g/mol. The molecule has 0 heterocycles. The Balaban J connectivity index is 1.68. The van der Waals surface area contributed by atoms with Crippen LogP contribution in [0.5, 0.6) is 11.5 Å². The standard InChI is InChI=1S/C20H25NO3/c1-3-23-18-11-13-19(14-12-18)24-15-20(22)21-16(2)9-10-17-7-5-4-6-8-17/h4-8,11-14,16H,3,9-10,15H2,1-2H3,(H,21,22). The van der Waals surface area contributed by atoms with E-state index < -0.39 is 0 Å². The lowest BCUT2D eigenvalue weighted by Gasteiger charge is -2.14. The summed E-state index contributed by atoms with van der Waals surface area (Å²) in [7, 11) is 0. The van der Waals surface area contributed by atoms with Gasteiger partial charge in [-0.25, -0.2) is 0 Å². The fourth-order valence-corrected chi connectivity index (χ4v) is 2.36. The minimum absolute atomic E-state index is 0.0175. The second-order valence-corrected chi connectivity index (χ2v) is 5.69. The van der Waals surface area contributed by atoms with Gasteiger partial charge >= 0.3 is 0 Å². The van der Waals surface area contributed by atoms with Gasteiger partial charge in [0, 0.05) is 6.04 Å². The van der Waals surface area contributed by atoms with E-state index in [0.29, 0.717) is 12.4 Å². The van der Waals surface area contributed by atoms with E-state index in [0.717, 1.165) is 18.6 Å². The predicted molar refractivity (Wildman–Crippen MR) is 95.5 cm³/mol. The lowest BCUT2D eigenvalue weighted by atomic mass is 10.1. The van der Waals surface area contributed by atoms with Crippen LogP contribution in [-0.4, -0.2) is 25.2 Å². The van der Waals surface area contributed by atoms with Gasteiger partial charge in [-0.3, -0.25) is 4.79 Å². The van der Waals surface area contributed by atoms with Crippen molar-refractivity contribution in [2.75, 3.05) is 13.2 Å². The summed E-state index contributed by atoms with van der Waals surface area (Å²) in [6.45, 7) is 4.60. The van der Waals surface area contributed by atoms with Crippen LogP contribution in [0.4, 0.5) is 0 Å². The second-order valence-electron chi connectivity index (χ2n) is 5.69. The minimum Gasteiger partial charge on any atom is -0.494 e. The van der Waals surface area contributed by atoms with Crippen molar-refractivity contribution in [3.8, 4) is 11.5 Å².